The minimum atomic E-state index is -1.50. The van der Waals surface area contributed by atoms with Crippen molar-refractivity contribution in [3.8, 4) is 0 Å². The maximum absolute atomic E-state index is 12.6. The second kappa shape index (κ2) is 11.5. The third kappa shape index (κ3) is 7.59. The van der Waals surface area contributed by atoms with E-state index in [9.17, 15) is 34.2 Å². The number of aliphatic carboxylic acids is 1. The molecule has 0 radical (unpaired) electrons. The summed E-state index contributed by atoms with van der Waals surface area (Å²) in [7, 11) is 0. The summed E-state index contributed by atoms with van der Waals surface area (Å²) < 4.78 is 0. The number of carbonyl (C=O) groups is 5. The molecule has 0 aliphatic carbocycles. The van der Waals surface area contributed by atoms with Crippen molar-refractivity contribution in [3.63, 3.8) is 0 Å². The van der Waals surface area contributed by atoms with Crippen LogP contribution in [0, 0.1) is 5.92 Å². The van der Waals surface area contributed by atoms with E-state index in [4.69, 9.17) is 5.73 Å². The van der Waals surface area contributed by atoms with E-state index < -0.39 is 72.2 Å². The predicted molar refractivity (Wildman–Crippen MR) is 105 cm³/mol. The van der Waals surface area contributed by atoms with Crippen molar-refractivity contribution in [2.24, 2.45) is 11.7 Å². The minimum absolute atomic E-state index is 0.447. The first-order chi connectivity index (χ1) is 13.9. The predicted octanol–water partition coefficient (Wildman–Crippen LogP) is -2.81. The summed E-state index contributed by atoms with van der Waals surface area (Å²) in [6.45, 7) is 5.06. The summed E-state index contributed by atoms with van der Waals surface area (Å²) in [5, 5.41) is 29.1. The Labute approximate surface area is 174 Å². The zero-order chi connectivity index (χ0) is 23.0. The number of amides is 4. The molecule has 8 N–H and O–H groups in total. The second-order valence-electron chi connectivity index (χ2n) is 7.68. The zero-order valence-electron chi connectivity index (χ0n) is 17.3. The lowest BCUT2D eigenvalue weighted by Crippen LogP contribution is -2.60. The number of hydrogen-bond donors (Lipinski definition) is 7. The van der Waals surface area contributed by atoms with Gasteiger partial charge in [0.2, 0.25) is 23.6 Å². The fourth-order valence-corrected chi connectivity index (χ4v) is 3.01. The summed E-state index contributed by atoms with van der Waals surface area (Å²) in [6, 6.07) is -4.60. The Hall–Kier alpha value is -2.73. The largest absolute Gasteiger partial charge is 0.480 e. The van der Waals surface area contributed by atoms with Gasteiger partial charge in [-0.1, -0.05) is 13.8 Å². The number of carbonyl (C=O) groups excluding carboxylic acids is 4. The SMILES string of the molecule is CC(C)C(NC(=O)C(NC(=O)C(CC(N)=O)NC(=O)C1CCCN1)C(C)O)C(=O)O. The highest BCUT2D eigenvalue weighted by Gasteiger charge is 2.34. The van der Waals surface area contributed by atoms with Gasteiger partial charge in [0, 0.05) is 0 Å². The number of hydrogen-bond acceptors (Lipinski definition) is 7. The highest BCUT2D eigenvalue weighted by molar-refractivity contribution is 5.96. The molecule has 1 aliphatic rings. The molecule has 1 aliphatic heterocycles. The van der Waals surface area contributed by atoms with Crippen LogP contribution < -0.4 is 27.0 Å². The molecule has 30 heavy (non-hydrogen) atoms. The van der Waals surface area contributed by atoms with E-state index in [1.165, 1.54) is 6.92 Å². The molecule has 170 valence electrons. The molecule has 1 heterocycles. The number of rotatable bonds is 11. The molecule has 12 nitrogen and oxygen atoms in total. The van der Waals surface area contributed by atoms with Gasteiger partial charge in [0.05, 0.1) is 18.6 Å². The topological polar surface area (TPSA) is 200 Å². The van der Waals surface area contributed by atoms with Crippen molar-refractivity contribution < 1.29 is 34.2 Å². The van der Waals surface area contributed by atoms with Crippen LogP contribution in [0.4, 0.5) is 0 Å². The lowest BCUT2D eigenvalue weighted by atomic mass is 10.0. The lowest BCUT2D eigenvalue weighted by Gasteiger charge is -2.27. The van der Waals surface area contributed by atoms with Crippen LogP contribution in [-0.2, 0) is 24.0 Å². The number of carboxylic acid groups (broad SMARTS) is 1. The zero-order valence-corrected chi connectivity index (χ0v) is 17.3. The molecule has 0 saturated carbocycles. The van der Waals surface area contributed by atoms with Crippen molar-refractivity contribution in [3.05, 3.63) is 0 Å². The summed E-state index contributed by atoms with van der Waals surface area (Å²) in [5.41, 5.74) is 5.16. The number of carboxylic acids is 1. The van der Waals surface area contributed by atoms with E-state index in [0.29, 0.717) is 13.0 Å². The average molecular weight is 429 g/mol. The third-order valence-electron chi connectivity index (χ3n) is 4.71. The maximum Gasteiger partial charge on any atom is 0.326 e. The standard InChI is InChI=1S/C18H31N5O7/c1-8(2)13(18(29)30)22-17(28)14(9(3)24)23-16(27)11(7-12(19)25)21-15(26)10-5-4-6-20-10/h8-11,13-14,20,24H,4-7H2,1-3H3,(H2,19,25)(H,21,26)(H,22,28)(H,23,27)(H,29,30). The Balaban J connectivity index is 2.89. The van der Waals surface area contributed by atoms with E-state index in [2.05, 4.69) is 21.3 Å². The Morgan fingerprint density at radius 2 is 1.63 bits per heavy atom. The van der Waals surface area contributed by atoms with Crippen LogP contribution >= 0.6 is 0 Å². The number of nitrogens with one attached hydrogen (secondary N) is 4. The number of primary amides is 1. The molecule has 0 bridgehead atoms. The normalized spacial score (nSPS) is 20.0. The van der Waals surface area contributed by atoms with Gasteiger partial charge < -0.3 is 37.2 Å². The van der Waals surface area contributed by atoms with E-state index in [1.54, 1.807) is 13.8 Å². The van der Waals surface area contributed by atoms with Crippen molar-refractivity contribution in [1.29, 1.82) is 0 Å². The van der Waals surface area contributed by atoms with Gasteiger partial charge in [-0.3, -0.25) is 19.2 Å². The van der Waals surface area contributed by atoms with Crippen LogP contribution in [0.1, 0.15) is 40.0 Å². The van der Waals surface area contributed by atoms with Crippen LogP contribution in [0.2, 0.25) is 0 Å². The maximum atomic E-state index is 12.6. The van der Waals surface area contributed by atoms with Crippen molar-refractivity contribution in [2.75, 3.05) is 6.54 Å². The van der Waals surface area contributed by atoms with Gasteiger partial charge >= 0.3 is 5.97 Å². The van der Waals surface area contributed by atoms with Crippen molar-refractivity contribution in [1.82, 2.24) is 21.3 Å². The molecule has 5 atom stereocenters. The van der Waals surface area contributed by atoms with Crippen LogP contribution in [-0.4, -0.2) is 76.6 Å². The summed E-state index contributed by atoms with van der Waals surface area (Å²) in [5.74, 6) is -4.87. The molecular weight excluding hydrogens is 398 g/mol. The van der Waals surface area contributed by atoms with E-state index in [0.717, 1.165) is 6.42 Å². The van der Waals surface area contributed by atoms with Gasteiger partial charge in [-0.25, -0.2) is 4.79 Å². The summed E-state index contributed by atoms with van der Waals surface area (Å²) in [4.78, 5) is 60.1. The monoisotopic (exact) mass is 429 g/mol. The van der Waals surface area contributed by atoms with Gasteiger partial charge in [0.15, 0.2) is 0 Å². The number of aliphatic hydroxyl groups excluding tert-OH is 1. The second-order valence-corrected chi connectivity index (χ2v) is 7.68. The molecule has 0 aromatic heterocycles. The van der Waals surface area contributed by atoms with Gasteiger partial charge in [0.25, 0.3) is 0 Å². The molecule has 12 heteroatoms. The van der Waals surface area contributed by atoms with E-state index in [-0.39, 0.29) is 0 Å². The Kier molecular flexibility index (Phi) is 9.66. The average Bonchev–Trinajstić information content (AvgIpc) is 3.16. The Morgan fingerprint density at radius 1 is 1.03 bits per heavy atom. The first-order valence-electron chi connectivity index (χ1n) is 9.77. The molecule has 1 fully saturated rings. The highest BCUT2D eigenvalue weighted by Crippen LogP contribution is 2.07. The van der Waals surface area contributed by atoms with E-state index in [1.807, 2.05) is 0 Å². The summed E-state index contributed by atoms with van der Waals surface area (Å²) in [6.07, 6.45) is -0.532. The fourth-order valence-electron chi connectivity index (χ4n) is 3.01. The molecule has 1 saturated heterocycles. The molecular formula is C18H31N5O7. The van der Waals surface area contributed by atoms with Gasteiger partial charge in [-0.05, 0) is 32.2 Å². The lowest BCUT2D eigenvalue weighted by molar-refractivity contribution is -0.144. The summed E-state index contributed by atoms with van der Waals surface area (Å²) >= 11 is 0. The van der Waals surface area contributed by atoms with Crippen molar-refractivity contribution >= 4 is 29.6 Å². The van der Waals surface area contributed by atoms with Gasteiger partial charge in [0.1, 0.15) is 18.1 Å². The fraction of sp³-hybridized carbons (Fsp3) is 0.722. The molecule has 5 unspecified atom stereocenters. The molecule has 0 aromatic carbocycles. The van der Waals surface area contributed by atoms with Gasteiger partial charge in [-0.2, -0.15) is 0 Å². The number of nitrogens with two attached hydrogens (primary N) is 1. The molecule has 0 aromatic rings. The van der Waals surface area contributed by atoms with Crippen LogP contribution in [0.25, 0.3) is 0 Å². The third-order valence-corrected chi connectivity index (χ3v) is 4.71. The van der Waals surface area contributed by atoms with Crippen molar-refractivity contribution in [2.45, 2.75) is 70.3 Å². The quantitative estimate of drug-likeness (QED) is 0.182. The van der Waals surface area contributed by atoms with E-state index >= 15 is 0 Å². The first kappa shape index (κ1) is 25.3. The number of aliphatic hydroxyl groups is 1. The van der Waals surface area contributed by atoms with Gasteiger partial charge in [-0.15, -0.1) is 0 Å². The van der Waals surface area contributed by atoms with Crippen LogP contribution in [0.5, 0.6) is 0 Å². The molecule has 1 rings (SSSR count). The molecule has 4 amide bonds. The first-order valence-corrected chi connectivity index (χ1v) is 9.77. The smallest absolute Gasteiger partial charge is 0.326 e. The van der Waals surface area contributed by atoms with Crippen LogP contribution in [0.15, 0.2) is 0 Å². The van der Waals surface area contributed by atoms with Crippen LogP contribution in [0.3, 0.4) is 0 Å². The highest BCUT2D eigenvalue weighted by atomic mass is 16.4. The Morgan fingerprint density at radius 3 is 2.07 bits per heavy atom. The minimum Gasteiger partial charge on any atom is -0.480 e. The molecule has 0 spiro atoms. The Bertz CT molecular complexity index is 661.